The first-order valence-corrected chi connectivity index (χ1v) is 12.1. The second kappa shape index (κ2) is 9.49. The molecule has 0 spiro atoms. The molecule has 0 bridgehead atoms. The van der Waals surface area contributed by atoms with Gasteiger partial charge in [-0.2, -0.15) is 0 Å². The van der Waals surface area contributed by atoms with Gasteiger partial charge in [-0.1, -0.05) is 55.0 Å². The summed E-state index contributed by atoms with van der Waals surface area (Å²) in [7, 11) is 0. The van der Waals surface area contributed by atoms with E-state index >= 15 is 0 Å². The first-order valence-electron chi connectivity index (χ1n) is 12.1. The van der Waals surface area contributed by atoms with Gasteiger partial charge >= 0.3 is 12.1 Å². The lowest BCUT2D eigenvalue weighted by Crippen LogP contribution is -2.43. The summed E-state index contributed by atoms with van der Waals surface area (Å²) in [4.78, 5) is 36.1. The van der Waals surface area contributed by atoms with Gasteiger partial charge in [-0.25, -0.2) is 4.79 Å². The fourth-order valence-electron chi connectivity index (χ4n) is 5.52. The Kier molecular flexibility index (Phi) is 6.26. The van der Waals surface area contributed by atoms with Crippen LogP contribution in [0.5, 0.6) is 0 Å². The lowest BCUT2D eigenvalue weighted by Gasteiger charge is -2.29. The molecule has 5 rings (SSSR count). The number of hydrogen-bond donors (Lipinski definition) is 3. The van der Waals surface area contributed by atoms with Crippen molar-refractivity contribution in [3.63, 3.8) is 0 Å². The molecule has 2 saturated carbocycles. The van der Waals surface area contributed by atoms with Crippen molar-refractivity contribution in [2.75, 3.05) is 13.2 Å². The number of carboxylic acids is 1. The topological polar surface area (TPSA) is 105 Å². The molecule has 0 aliphatic heterocycles. The lowest BCUT2D eigenvalue weighted by molar-refractivity contribution is -0.139. The van der Waals surface area contributed by atoms with Crippen LogP contribution in [0.4, 0.5) is 4.79 Å². The van der Waals surface area contributed by atoms with Gasteiger partial charge in [-0.3, -0.25) is 9.59 Å². The number of ether oxygens (including phenoxy) is 1. The fraction of sp³-hybridized carbons (Fsp3) is 0.444. The van der Waals surface area contributed by atoms with E-state index in [0.717, 1.165) is 19.3 Å². The minimum Gasteiger partial charge on any atom is -0.481 e. The number of carbonyl (C=O) groups is 3. The Morgan fingerprint density at radius 1 is 0.941 bits per heavy atom. The van der Waals surface area contributed by atoms with E-state index in [0.29, 0.717) is 19.4 Å². The third-order valence-corrected chi connectivity index (χ3v) is 7.49. The number of alkyl carbamates (subject to hydrolysis) is 1. The molecule has 7 nitrogen and oxygen atoms in total. The molecule has 2 aromatic rings. The number of amides is 2. The van der Waals surface area contributed by atoms with E-state index in [2.05, 4.69) is 34.9 Å². The SMILES string of the molecule is O=C(NC1CCCC(C(=O)NC[C@H]2C[C@H]2C(=O)O)C1)OCC1c2ccccc2-c2ccccc21. The van der Waals surface area contributed by atoms with Crippen molar-refractivity contribution in [1.29, 1.82) is 0 Å². The van der Waals surface area contributed by atoms with Gasteiger partial charge in [0.1, 0.15) is 6.61 Å². The highest BCUT2D eigenvalue weighted by molar-refractivity contribution is 5.80. The number of carboxylic acid groups (broad SMARTS) is 1. The zero-order valence-corrected chi connectivity index (χ0v) is 19.0. The second-order valence-corrected chi connectivity index (χ2v) is 9.72. The predicted octanol–water partition coefficient (Wildman–Crippen LogP) is 3.92. The van der Waals surface area contributed by atoms with Crippen LogP contribution in [-0.2, 0) is 14.3 Å². The number of rotatable bonds is 7. The summed E-state index contributed by atoms with van der Waals surface area (Å²) in [6, 6.07) is 16.4. The summed E-state index contributed by atoms with van der Waals surface area (Å²) < 4.78 is 5.65. The van der Waals surface area contributed by atoms with Crippen LogP contribution in [0.1, 0.15) is 49.1 Å². The van der Waals surface area contributed by atoms with Gasteiger partial charge in [0, 0.05) is 24.4 Å². The van der Waals surface area contributed by atoms with Gasteiger partial charge in [-0.05, 0) is 53.9 Å². The van der Waals surface area contributed by atoms with E-state index in [1.165, 1.54) is 22.3 Å². The quantitative estimate of drug-likeness (QED) is 0.579. The summed E-state index contributed by atoms with van der Waals surface area (Å²) in [6.07, 6.45) is 3.21. The van der Waals surface area contributed by atoms with Crippen LogP contribution in [0.2, 0.25) is 0 Å². The number of fused-ring (bicyclic) bond motifs is 3. The minimum atomic E-state index is -0.788. The van der Waals surface area contributed by atoms with E-state index in [4.69, 9.17) is 9.84 Å². The van der Waals surface area contributed by atoms with Crippen LogP contribution < -0.4 is 10.6 Å². The maximum atomic E-state index is 12.6. The largest absolute Gasteiger partial charge is 0.481 e. The zero-order valence-electron chi connectivity index (χ0n) is 19.0. The van der Waals surface area contributed by atoms with Gasteiger partial charge in [0.05, 0.1) is 5.92 Å². The van der Waals surface area contributed by atoms with Crippen molar-refractivity contribution in [2.24, 2.45) is 17.8 Å². The highest BCUT2D eigenvalue weighted by atomic mass is 16.5. The maximum Gasteiger partial charge on any atom is 0.407 e. The van der Waals surface area contributed by atoms with E-state index in [1.807, 2.05) is 24.3 Å². The number of carbonyl (C=O) groups excluding carboxylic acids is 2. The molecule has 0 heterocycles. The second-order valence-electron chi connectivity index (χ2n) is 9.72. The Labute approximate surface area is 198 Å². The van der Waals surface area contributed by atoms with E-state index < -0.39 is 12.1 Å². The van der Waals surface area contributed by atoms with E-state index in [9.17, 15) is 14.4 Å². The average molecular weight is 463 g/mol. The third kappa shape index (κ3) is 4.65. The van der Waals surface area contributed by atoms with Crippen LogP contribution in [0.3, 0.4) is 0 Å². The molecule has 2 fully saturated rings. The minimum absolute atomic E-state index is 0.0140. The van der Waals surface area contributed by atoms with Gasteiger partial charge in [0.25, 0.3) is 0 Å². The summed E-state index contributed by atoms with van der Waals surface area (Å²) in [5, 5.41) is 14.9. The van der Waals surface area contributed by atoms with Crippen LogP contribution in [0.25, 0.3) is 11.1 Å². The molecule has 2 unspecified atom stereocenters. The van der Waals surface area contributed by atoms with Crippen molar-refractivity contribution in [1.82, 2.24) is 10.6 Å². The lowest BCUT2D eigenvalue weighted by atomic mass is 9.85. The molecule has 3 aliphatic carbocycles. The summed E-state index contributed by atoms with van der Waals surface area (Å²) >= 11 is 0. The molecule has 0 radical (unpaired) electrons. The van der Waals surface area contributed by atoms with Crippen molar-refractivity contribution in [3.05, 3.63) is 59.7 Å². The van der Waals surface area contributed by atoms with E-state index in [-0.39, 0.29) is 42.2 Å². The average Bonchev–Trinajstić information content (AvgIpc) is 3.57. The summed E-state index contributed by atoms with van der Waals surface area (Å²) in [5.74, 6) is -1.27. The van der Waals surface area contributed by atoms with Crippen LogP contribution in [-0.4, -0.2) is 42.3 Å². The van der Waals surface area contributed by atoms with Crippen molar-refractivity contribution in [2.45, 2.75) is 44.1 Å². The molecule has 7 heteroatoms. The smallest absolute Gasteiger partial charge is 0.407 e. The van der Waals surface area contributed by atoms with Gasteiger partial charge in [0.2, 0.25) is 5.91 Å². The third-order valence-electron chi connectivity index (χ3n) is 7.49. The Hall–Kier alpha value is -3.35. The summed E-state index contributed by atoms with van der Waals surface area (Å²) in [5.41, 5.74) is 4.72. The standard InChI is InChI=1S/C27H30N2O5/c30-25(28-14-17-13-23(17)26(31)32)16-6-5-7-18(12-16)29-27(33)34-15-24-21-10-3-1-8-19(21)20-9-2-4-11-22(20)24/h1-4,8-11,16-18,23-24H,5-7,12-15H2,(H,28,30)(H,29,33)(H,31,32)/t16?,17-,18?,23-/m1/s1. The van der Waals surface area contributed by atoms with Gasteiger partial charge in [-0.15, -0.1) is 0 Å². The van der Waals surface area contributed by atoms with Gasteiger partial charge in [0.15, 0.2) is 0 Å². The first kappa shape index (κ1) is 22.4. The van der Waals surface area contributed by atoms with Crippen molar-refractivity contribution in [3.8, 4) is 11.1 Å². The number of benzene rings is 2. The van der Waals surface area contributed by atoms with E-state index in [1.54, 1.807) is 0 Å². The zero-order chi connectivity index (χ0) is 23.7. The predicted molar refractivity (Wildman–Crippen MR) is 126 cm³/mol. The highest BCUT2D eigenvalue weighted by Gasteiger charge is 2.43. The molecule has 34 heavy (non-hydrogen) atoms. The van der Waals surface area contributed by atoms with Crippen molar-refractivity contribution >= 4 is 18.0 Å². The molecular weight excluding hydrogens is 432 g/mol. The molecule has 0 aromatic heterocycles. The molecular formula is C27H30N2O5. The number of nitrogens with one attached hydrogen (secondary N) is 2. The molecule has 3 aliphatic rings. The number of hydrogen-bond acceptors (Lipinski definition) is 4. The first-order chi connectivity index (χ1) is 16.5. The maximum absolute atomic E-state index is 12.6. The van der Waals surface area contributed by atoms with Crippen LogP contribution >= 0.6 is 0 Å². The Balaban J connectivity index is 1.11. The molecule has 178 valence electrons. The Morgan fingerprint density at radius 3 is 2.26 bits per heavy atom. The molecule has 2 aromatic carbocycles. The fourth-order valence-corrected chi connectivity index (χ4v) is 5.52. The molecule has 2 amide bonds. The van der Waals surface area contributed by atoms with Crippen LogP contribution in [0.15, 0.2) is 48.5 Å². The van der Waals surface area contributed by atoms with Crippen LogP contribution in [0, 0.1) is 17.8 Å². The Bertz CT molecular complexity index is 1050. The highest BCUT2D eigenvalue weighted by Crippen LogP contribution is 2.44. The molecule has 3 N–H and O–H groups in total. The van der Waals surface area contributed by atoms with Gasteiger partial charge < -0.3 is 20.5 Å². The molecule has 0 saturated heterocycles. The number of aliphatic carboxylic acids is 1. The normalized spacial score (nSPS) is 25.1. The van der Waals surface area contributed by atoms with Crippen molar-refractivity contribution < 1.29 is 24.2 Å². The molecule has 4 atom stereocenters. The Morgan fingerprint density at radius 2 is 1.62 bits per heavy atom. The monoisotopic (exact) mass is 462 g/mol. The summed E-state index contributed by atoms with van der Waals surface area (Å²) in [6.45, 7) is 0.680.